The molecular formula is C28H38N2O5S2. The Morgan fingerprint density at radius 2 is 1.89 bits per heavy atom. The van der Waals surface area contributed by atoms with Crippen LogP contribution in [0.1, 0.15) is 72.5 Å². The minimum Gasteiger partial charge on any atom is -0.481 e. The molecule has 1 fully saturated rings. The highest BCUT2D eigenvalue weighted by atomic mass is 32.2. The molecule has 2 amide bonds. The Morgan fingerprint density at radius 3 is 2.54 bits per heavy atom. The smallest absolute Gasteiger partial charge is 0.265 e. The van der Waals surface area contributed by atoms with Crippen LogP contribution < -0.4 is 15.4 Å². The average molecular weight is 547 g/mol. The molecule has 202 valence electrons. The number of amides is 2. The number of anilines is 1. The van der Waals surface area contributed by atoms with Gasteiger partial charge in [0.15, 0.2) is 15.9 Å². The molecule has 1 saturated heterocycles. The molecule has 1 aromatic carbocycles. The molecule has 37 heavy (non-hydrogen) atoms. The van der Waals surface area contributed by atoms with Crippen LogP contribution in [0.15, 0.2) is 18.2 Å². The maximum absolute atomic E-state index is 13.5. The van der Waals surface area contributed by atoms with E-state index in [0.717, 1.165) is 40.8 Å². The van der Waals surface area contributed by atoms with Crippen LogP contribution in [0.2, 0.25) is 0 Å². The standard InChI is InChI=1S/C28H38N2O5S2/c1-16-8-7-9-22(17(16)2)35-18(3)25(31)30-27-24(26(32)29-20-12-13-37(33,34)15-20)21-11-10-19(28(4,5)6)14-23(21)36-27/h7-9,18-20H,10-15H2,1-6H3,(H,29,32)(H,30,31). The highest BCUT2D eigenvalue weighted by molar-refractivity contribution is 7.91. The van der Waals surface area contributed by atoms with Gasteiger partial charge in [-0.1, -0.05) is 32.9 Å². The molecule has 0 spiro atoms. The zero-order valence-electron chi connectivity index (χ0n) is 22.6. The number of carbonyl (C=O) groups excluding carboxylic acids is 2. The molecule has 0 saturated carbocycles. The zero-order chi connectivity index (χ0) is 27.1. The van der Waals surface area contributed by atoms with Crippen LogP contribution in [0.25, 0.3) is 0 Å². The van der Waals surface area contributed by atoms with Gasteiger partial charge < -0.3 is 15.4 Å². The normalized spacial score (nSPS) is 21.7. The number of sulfone groups is 1. The van der Waals surface area contributed by atoms with Gasteiger partial charge in [0.1, 0.15) is 10.8 Å². The topological polar surface area (TPSA) is 102 Å². The molecule has 2 N–H and O–H groups in total. The fraction of sp³-hybridized carbons (Fsp3) is 0.571. The molecule has 0 radical (unpaired) electrons. The van der Waals surface area contributed by atoms with E-state index in [1.54, 1.807) is 6.92 Å². The van der Waals surface area contributed by atoms with E-state index >= 15 is 0 Å². The van der Waals surface area contributed by atoms with Crippen LogP contribution in [-0.4, -0.2) is 43.9 Å². The van der Waals surface area contributed by atoms with Crippen molar-refractivity contribution < 1.29 is 22.7 Å². The second-order valence-electron chi connectivity index (χ2n) is 11.5. The molecule has 2 aliphatic rings. The molecule has 1 aliphatic carbocycles. The molecule has 1 aliphatic heterocycles. The third-order valence-corrected chi connectivity index (χ3v) is 10.7. The molecule has 9 heteroatoms. The number of hydrogen-bond donors (Lipinski definition) is 2. The van der Waals surface area contributed by atoms with Crippen LogP contribution in [0.4, 0.5) is 5.00 Å². The van der Waals surface area contributed by atoms with E-state index in [1.807, 2.05) is 32.0 Å². The highest BCUT2D eigenvalue weighted by Crippen LogP contribution is 2.44. The number of hydrogen-bond acceptors (Lipinski definition) is 6. The Balaban J connectivity index is 1.59. The molecular weight excluding hydrogens is 508 g/mol. The van der Waals surface area contributed by atoms with E-state index in [0.29, 0.717) is 28.7 Å². The van der Waals surface area contributed by atoms with Crippen molar-refractivity contribution in [3.8, 4) is 5.75 Å². The van der Waals surface area contributed by atoms with E-state index in [4.69, 9.17) is 4.74 Å². The highest BCUT2D eigenvalue weighted by Gasteiger charge is 2.36. The van der Waals surface area contributed by atoms with Crippen LogP contribution in [0.5, 0.6) is 5.75 Å². The van der Waals surface area contributed by atoms with Gasteiger partial charge in [-0.05, 0) is 80.5 Å². The van der Waals surface area contributed by atoms with E-state index < -0.39 is 22.0 Å². The third kappa shape index (κ3) is 6.20. The van der Waals surface area contributed by atoms with Gasteiger partial charge in [0.2, 0.25) is 0 Å². The number of ether oxygens (including phenoxy) is 1. The fourth-order valence-electron chi connectivity index (χ4n) is 5.13. The van der Waals surface area contributed by atoms with Crippen LogP contribution in [0, 0.1) is 25.2 Å². The molecule has 2 heterocycles. The Morgan fingerprint density at radius 1 is 1.16 bits per heavy atom. The Labute approximate surface area is 224 Å². The number of aryl methyl sites for hydroxylation is 1. The van der Waals surface area contributed by atoms with Gasteiger partial charge >= 0.3 is 0 Å². The lowest BCUT2D eigenvalue weighted by Gasteiger charge is -2.33. The number of fused-ring (bicyclic) bond motifs is 1. The van der Waals surface area contributed by atoms with Gasteiger partial charge in [0.05, 0.1) is 17.1 Å². The minimum absolute atomic E-state index is 0.0421. The van der Waals surface area contributed by atoms with E-state index in [1.165, 1.54) is 11.3 Å². The molecule has 7 nitrogen and oxygen atoms in total. The van der Waals surface area contributed by atoms with Gasteiger partial charge in [-0.15, -0.1) is 11.3 Å². The minimum atomic E-state index is -3.13. The molecule has 3 atom stereocenters. The van der Waals surface area contributed by atoms with Crippen molar-refractivity contribution in [1.82, 2.24) is 5.32 Å². The van der Waals surface area contributed by atoms with Crippen molar-refractivity contribution in [2.45, 2.75) is 79.4 Å². The molecule has 1 aromatic heterocycles. The van der Waals surface area contributed by atoms with Gasteiger partial charge in [-0.2, -0.15) is 0 Å². The van der Waals surface area contributed by atoms with Crippen LogP contribution >= 0.6 is 11.3 Å². The van der Waals surface area contributed by atoms with Gasteiger partial charge in [0.25, 0.3) is 11.8 Å². The first kappa shape index (κ1) is 27.6. The number of carbonyl (C=O) groups is 2. The third-order valence-electron chi connectivity index (χ3n) is 7.75. The van der Waals surface area contributed by atoms with Crippen LogP contribution in [-0.2, 0) is 27.5 Å². The number of nitrogens with one attached hydrogen (secondary N) is 2. The maximum atomic E-state index is 13.5. The van der Waals surface area contributed by atoms with Crippen molar-refractivity contribution in [1.29, 1.82) is 0 Å². The zero-order valence-corrected chi connectivity index (χ0v) is 24.2. The summed E-state index contributed by atoms with van der Waals surface area (Å²) in [6.45, 7) is 12.4. The summed E-state index contributed by atoms with van der Waals surface area (Å²) in [7, 11) is -3.13. The van der Waals surface area contributed by atoms with E-state index in [-0.39, 0.29) is 28.7 Å². The summed E-state index contributed by atoms with van der Waals surface area (Å²) >= 11 is 1.46. The Bertz CT molecular complexity index is 1310. The van der Waals surface area contributed by atoms with Crippen molar-refractivity contribution >= 4 is 38.0 Å². The van der Waals surface area contributed by atoms with Gasteiger partial charge in [-0.3, -0.25) is 9.59 Å². The Hall–Kier alpha value is -2.39. The van der Waals surface area contributed by atoms with Gasteiger partial charge in [0, 0.05) is 10.9 Å². The lowest BCUT2D eigenvalue weighted by Crippen LogP contribution is -2.37. The summed E-state index contributed by atoms with van der Waals surface area (Å²) in [5, 5.41) is 6.42. The predicted molar refractivity (Wildman–Crippen MR) is 148 cm³/mol. The van der Waals surface area contributed by atoms with Crippen molar-refractivity contribution in [2.24, 2.45) is 11.3 Å². The first-order valence-electron chi connectivity index (χ1n) is 12.9. The Kier molecular flexibility index (Phi) is 7.77. The lowest BCUT2D eigenvalue weighted by atomic mass is 9.72. The molecule has 3 unspecified atom stereocenters. The van der Waals surface area contributed by atoms with Gasteiger partial charge in [-0.25, -0.2) is 8.42 Å². The number of benzene rings is 1. The lowest BCUT2D eigenvalue weighted by molar-refractivity contribution is -0.122. The van der Waals surface area contributed by atoms with Crippen molar-refractivity contribution in [3.63, 3.8) is 0 Å². The largest absolute Gasteiger partial charge is 0.481 e. The van der Waals surface area contributed by atoms with Crippen molar-refractivity contribution in [3.05, 3.63) is 45.3 Å². The van der Waals surface area contributed by atoms with E-state index in [9.17, 15) is 18.0 Å². The van der Waals surface area contributed by atoms with Crippen LogP contribution in [0.3, 0.4) is 0 Å². The monoisotopic (exact) mass is 546 g/mol. The average Bonchev–Trinajstić information content (AvgIpc) is 3.34. The summed E-state index contributed by atoms with van der Waals surface area (Å²) in [6, 6.07) is 5.33. The number of rotatable bonds is 6. The fourth-order valence-corrected chi connectivity index (χ4v) is 8.13. The second-order valence-corrected chi connectivity index (χ2v) is 14.9. The predicted octanol–water partition coefficient (Wildman–Crippen LogP) is 4.84. The summed E-state index contributed by atoms with van der Waals surface area (Å²) in [5.74, 6) is 0.534. The first-order valence-corrected chi connectivity index (χ1v) is 15.6. The molecule has 2 aromatic rings. The summed E-state index contributed by atoms with van der Waals surface area (Å²) < 4.78 is 29.8. The maximum Gasteiger partial charge on any atom is 0.265 e. The quantitative estimate of drug-likeness (QED) is 0.540. The van der Waals surface area contributed by atoms with Crippen molar-refractivity contribution in [2.75, 3.05) is 16.8 Å². The van der Waals surface area contributed by atoms with E-state index in [2.05, 4.69) is 31.4 Å². The summed E-state index contributed by atoms with van der Waals surface area (Å²) in [5.41, 5.74) is 3.65. The molecule has 4 rings (SSSR count). The summed E-state index contributed by atoms with van der Waals surface area (Å²) in [4.78, 5) is 27.8. The first-order chi connectivity index (χ1) is 17.2. The second kappa shape index (κ2) is 10.4. The number of thiophene rings is 1. The SMILES string of the molecule is Cc1cccc(OC(C)C(=O)Nc2sc3c(c2C(=O)NC2CCS(=O)(=O)C2)CCC(C(C)(C)C)C3)c1C. The summed E-state index contributed by atoms with van der Waals surface area (Å²) in [6.07, 6.45) is 2.22. The molecule has 0 bridgehead atoms.